The predicted molar refractivity (Wildman–Crippen MR) is 79.0 cm³/mol. The maximum absolute atomic E-state index is 12.1. The van der Waals surface area contributed by atoms with Crippen LogP contribution < -0.4 is 0 Å². The SMILES string of the molecule is CCCCCN(CCC(=O)O)CC(=O)c1ccccc1. The quantitative estimate of drug-likeness (QED) is 0.528. The molecule has 4 nitrogen and oxygen atoms in total. The van der Waals surface area contributed by atoms with Crippen molar-refractivity contribution < 1.29 is 14.7 Å². The van der Waals surface area contributed by atoms with E-state index in [1.54, 1.807) is 12.1 Å². The maximum Gasteiger partial charge on any atom is 0.304 e. The first-order chi connectivity index (χ1) is 9.63. The van der Waals surface area contributed by atoms with Crippen LogP contribution in [-0.4, -0.2) is 41.4 Å². The molecular formula is C16H23NO3. The Bertz CT molecular complexity index is 417. The van der Waals surface area contributed by atoms with E-state index in [0.29, 0.717) is 18.7 Å². The fourth-order valence-electron chi connectivity index (χ4n) is 2.03. The summed E-state index contributed by atoms with van der Waals surface area (Å²) in [6.45, 7) is 3.62. The van der Waals surface area contributed by atoms with E-state index >= 15 is 0 Å². The molecule has 0 heterocycles. The fourth-order valence-corrected chi connectivity index (χ4v) is 2.03. The summed E-state index contributed by atoms with van der Waals surface area (Å²) in [6.07, 6.45) is 3.29. The van der Waals surface area contributed by atoms with Crippen LogP contribution in [0.3, 0.4) is 0 Å². The maximum atomic E-state index is 12.1. The molecule has 0 aliphatic carbocycles. The number of carboxylic acids is 1. The van der Waals surface area contributed by atoms with Crippen molar-refractivity contribution in [3.63, 3.8) is 0 Å². The zero-order valence-electron chi connectivity index (χ0n) is 12.0. The van der Waals surface area contributed by atoms with Crippen molar-refractivity contribution in [3.05, 3.63) is 35.9 Å². The van der Waals surface area contributed by atoms with Crippen molar-refractivity contribution in [2.45, 2.75) is 32.6 Å². The third-order valence-corrected chi connectivity index (χ3v) is 3.18. The van der Waals surface area contributed by atoms with E-state index in [1.165, 1.54) is 0 Å². The number of nitrogens with zero attached hydrogens (tertiary/aromatic N) is 1. The number of Topliss-reactive ketones (excluding diaryl/α,β-unsaturated/α-hetero) is 1. The van der Waals surface area contributed by atoms with Gasteiger partial charge in [-0.15, -0.1) is 0 Å². The van der Waals surface area contributed by atoms with E-state index in [9.17, 15) is 9.59 Å². The number of unbranched alkanes of at least 4 members (excludes halogenated alkanes) is 2. The number of carboxylic acid groups (broad SMARTS) is 1. The normalized spacial score (nSPS) is 10.7. The number of benzene rings is 1. The lowest BCUT2D eigenvalue weighted by molar-refractivity contribution is -0.137. The van der Waals surface area contributed by atoms with Gasteiger partial charge in [-0.3, -0.25) is 14.5 Å². The minimum absolute atomic E-state index is 0.0486. The van der Waals surface area contributed by atoms with Crippen LogP contribution >= 0.6 is 0 Å². The van der Waals surface area contributed by atoms with Gasteiger partial charge in [0.25, 0.3) is 0 Å². The number of ketones is 1. The predicted octanol–water partition coefficient (Wildman–Crippen LogP) is 2.84. The van der Waals surface area contributed by atoms with Crippen LogP contribution in [0.2, 0.25) is 0 Å². The molecule has 0 fully saturated rings. The second-order valence-electron chi connectivity index (χ2n) is 4.92. The lowest BCUT2D eigenvalue weighted by Crippen LogP contribution is -2.33. The molecule has 0 unspecified atom stereocenters. The number of carbonyl (C=O) groups is 2. The second kappa shape index (κ2) is 9.26. The summed E-state index contributed by atoms with van der Waals surface area (Å²) in [7, 11) is 0. The first kappa shape index (κ1) is 16.4. The van der Waals surface area contributed by atoms with Crippen LogP contribution in [0.15, 0.2) is 30.3 Å². The molecule has 0 aliphatic rings. The van der Waals surface area contributed by atoms with Crippen molar-refractivity contribution >= 4 is 11.8 Å². The highest BCUT2D eigenvalue weighted by Crippen LogP contribution is 2.05. The molecule has 1 rings (SSSR count). The Morgan fingerprint density at radius 3 is 2.40 bits per heavy atom. The van der Waals surface area contributed by atoms with Crippen molar-refractivity contribution in [1.82, 2.24) is 4.90 Å². The Balaban J connectivity index is 2.53. The first-order valence-electron chi connectivity index (χ1n) is 7.16. The zero-order chi connectivity index (χ0) is 14.8. The van der Waals surface area contributed by atoms with Gasteiger partial charge in [0, 0.05) is 12.1 Å². The van der Waals surface area contributed by atoms with Gasteiger partial charge in [-0.2, -0.15) is 0 Å². The van der Waals surface area contributed by atoms with Gasteiger partial charge in [0.15, 0.2) is 5.78 Å². The molecule has 1 aromatic carbocycles. The zero-order valence-corrected chi connectivity index (χ0v) is 12.0. The topological polar surface area (TPSA) is 57.6 Å². The summed E-state index contributed by atoms with van der Waals surface area (Å²) in [5.74, 6) is -0.773. The summed E-state index contributed by atoms with van der Waals surface area (Å²) < 4.78 is 0. The molecule has 0 atom stereocenters. The van der Waals surface area contributed by atoms with Gasteiger partial charge < -0.3 is 5.11 Å². The summed E-state index contributed by atoms with van der Waals surface area (Å²) in [6, 6.07) is 9.14. The molecule has 0 spiro atoms. The van der Waals surface area contributed by atoms with Gasteiger partial charge in [0.1, 0.15) is 0 Å². The minimum Gasteiger partial charge on any atom is -0.481 e. The summed E-state index contributed by atoms with van der Waals surface area (Å²) >= 11 is 0. The third kappa shape index (κ3) is 6.48. The number of hydrogen-bond donors (Lipinski definition) is 1. The van der Waals surface area contributed by atoms with E-state index in [4.69, 9.17) is 5.11 Å². The lowest BCUT2D eigenvalue weighted by Gasteiger charge is -2.20. The van der Waals surface area contributed by atoms with Gasteiger partial charge in [0.2, 0.25) is 0 Å². The molecule has 20 heavy (non-hydrogen) atoms. The fraction of sp³-hybridized carbons (Fsp3) is 0.500. The molecular weight excluding hydrogens is 254 g/mol. The molecule has 0 aliphatic heterocycles. The van der Waals surface area contributed by atoms with Gasteiger partial charge in [-0.05, 0) is 13.0 Å². The Labute approximate surface area is 120 Å². The van der Waals surface area contributed by atoms with Gasteiger partial charge in [-0.25, -0.2) is 0 Å². The number of carbonyl (C=O) groups excluding carboxylic acids is 1. The molecule has 110 valence electrons. The molecule has 1 N–H and O–H groups in total. The monoisotopic (exact) mass is 277 g/mol. The van der Waals surface area contributed by atoms with Crippen molar-refractivity contribution in [2.24, 2.45) is 0 Å². The van der Waals surface area contributed by atoms with E-state index in [2.05, 4.69) is 6.92 Å². The molecule has 0 bridgehead atoms. The van der Waals surface area contributed by atoms with Crippen LogP contribution in [-0.2, 0) is 4.79 Å². The Kier molecular flexibility index (Phi) is 7.58. The molecule has 0 saturated carbocycles. The smallest absolute Gasteiger partial charge is 0.304 e. The van der Waals surface area contributed by atoms with Crippen LogP contribution in [0.5, 0.6) is 0 Å². The van der Waals surface area contributed by atoms with E-state index < -0.39 is 5.97 Å². The number of rotatable bonds is 10. The highest BCUT2D eigenvalue weighted by atomic mass is 16.4. The van der Waals surface area contributed by atoms with Crippen molar-refractivity contribution in [2.75, 3.05) is 19.6 Å². The highest BCUT2D eigenvalue weighted by molar-refractivity contribution is 5.97. The Morgan fingerprint density at radius 2 is 1.80 bits per heavy atom. The summed E-state index contributed by atoms with van der Waals surface area (Å²) in [5, 5.41) is 8.77. The molecule has 4 heteroatoms. The third-order valence-electron chi connectivity index (χ3n) is 3.18. The van der Waals surface area contributed by atoms with Crippen molar-refractivity contribution in [3.8, 4) is 0 Å². The summed E-state index contributed by atoms with van der Waals surface area (Å²) in [4.78, 5) is 24.8. The molecule has 0 saturated heterocycles. The highest BCUT2D eigenvalue weighted by Gasteiger charge is 2.13. The van der Waals surface area contributed by atoms with Crippen LogP contribution in [0, 0.1) is 0 Å². The largest absolute Gasteiger partial charge is 0.481 e. The standard InChI is InChI=1S/C16H23NO3/c1-2-3-7-11-17(12-10-16(19)20)13-15(18)14-8-5-4-6-9-14/h4-6,8-9H,2-3,7,10-13H2,1H3,(H,19,20). The van der Waals surface area contributed by atoms with Crippen LogP contribution in [0.4, 0.5) is 0 Å². The Hall–Kier alpha value is -1.68. The van der Waals surface area contributed by atoms with Crippen LogP contribution in [0.25, 0.3) is 0 Å². The number of aliphatic carboxylic acids is 1. The average molecular weight is 277 g/mol. The van der Waals surface area contributed by atoms with Crippen molar-refractivity contribution in [1.29, 1.82) is 0 Å². The van der Waals surface area contributed by atoms with E-state index in [0.717, 1.165) is 25.8 Å². The molecule has 1 aromatic rings. The minimum atomic E-state index is -0.822. The average Bonchev–Trinajstić information content (AvgIpc) is 2.45. The summed E-state index contributed by atoms with van der Waals surface area (Å²) in [5.41, 5.74) is 0.684. The molecule has 0 radical (unpaired) electrons. The van der Waals surface area contributed by atoms with Gasteiger partial charge in [-0.1, -0.05) is 50.1 Å². The lowest BCUT2D eigenvalue weighted by atomic mass is 10.1. The van der Waals surface area contributed by atoms with Gasteiger partial charge >= 0.3 is 5.97 Å². The first-order valence-corrected chi connectivity index (χ1v) is 7.16. The molecule has 0 amide bonds. The van der Waals surface area contributed by atoms with Gasteiger partial charge in [0.05, 0.1) is 13.0 Å². The molecule has 0 aromatic heterocycles. The Morgan fingerprint density at radius 1 is 1.10 bits per heavy atom. The second-order valence-corrected chi connectivity index (χ2v) is 4.92. The number of hydrogen-bond acceptors (Lipinski definition) is 3. The van der Waals surface area contributed by atoms with E-state index in [1.807, 2.05) is 23.1 Å². The van der Waals surface area contributed by atoms with Crippen LogP contribution in [0.1, 0.15) is 43.0 Å². The van der Waals surface area contributed by atoms with E-state index in [-0.39, 0.29) is 12.2 Å².